The van der Waals surface area contributed by atoms with Gasteiger partial charge in [-0.2, -0.15) is 0 Å². The highest BCUT2D eigenvalue weighted by molar-refractivity contribution is 5.24. The summed E-state index contributed by atoms with van der Waals surface area (Å²) in [6.45, 7) is 7.99. The van der Waals surface area contributed by atoms with Crippen LogP contribution in [0.3, 0.4) is 0 Å². The lowest BCUT2D eigenvalue weighted by Gasteiger charge is -2.05. The summed E-state index contributed by atoms with van der Waals surface area (Å²) >= 11 is 0. The maximum absolute atomic E-state index is 3.84. The molecule has 0 amide bonds. The molecule has 0 aliphatic rings. The zero-order valence-corrected chi connectivity index (χ0v) is 6.49. The smallest absolute Gasteiger partial charge is 0.0293 e. The van der Waals surface area contributed by atoms with Gasteiger partial charge in [0.15, 0.2) is 0 Å². The van der Waals surface area contributed by atoms with Gasteiger partial charge in [0.25, 0.3) is 0 Å². The Bertz CT molecular complexity index is 123. The van der Waals surface area contributed by atoms with E-state index in [2.05, 4.69) is 24.9 Å². The Morgan fingerprint density at radius 1 is 1.67 bits per heavy atom. The molecule has 0 rings (SSSR count). The second-order valence-electron chi connectivity index (χ2n) is 1.90. The number of hydrogen-bond donors (Lipinski definition) is 1. The van der Waals surface area contributed by atoms with Crippen molar-refractivity contribution in [2.75, 3.05) is 7.05 Å². The fourth-order valence-electron chi connectivity index (χ4n) is 0.752. The lowest BCUT2D eigenvalue weighted by atomic mass is 10.1. The van der Waals surface area contributed by atoms with Gasteiger partial charge in [0.1, 0.15) is 0 Å². The van der Waals surface area contributed by atoms with Gasteiger partial charge in [-0.05, 0) is 18.9 Å². The van der Waals surface area contributed by atoms with Gasteiger partial charge in [-0.15, -0.1) is 0 Å². The van der Waals surface area contributed by atoms with E-state index in [0.29, 0.717) is 0 Å². The summed E-state index contributed by atoms with van der Waals surface area (Å²) in [5.41, 5.74) is 2.32. The Kier molecular flexibility index (Phi) is 3.85. The Labute approximate surface area is 57.5 Å². The van der Waals surface area contributed by atoms with Crippen LogP contribution in [0.4, 0.5) is 0 Å². The van der Waals surface area contributed by atoms with Crippen molar-refractivity contribution in [2.45, 2.75) is 20.3 Å². The third-order valence-electron chi connectivity index (χ3n) is 1.42. The molecular formula is C8H15N. The molecule has 0 radical (unpaired) electrons. The summed E-state index contributed by atoms with van der Waals surface area (Å²) < 4.78 is 0. The lowest BCUT2D eigenvalue weighted by Crippen LogP contribution is -2.05. The molecule has 0 aliphatic heterocycles. The van der Waals surface area contributed by atoms with Gasteiger partial charge in [0.05, 0.1) is 0 Å². The lowest BCUT2D eigenvalue weighted by molar-refractivity contribution is 0.957. The van der Waals surface area contributed by atoms with E-state index in [9.17, 15) is 0 Å². The maximum Gasteiger partial charge on any atom is 0.0293 e. The highest BCUT2D eigenvalue weighted by atomic mass is 14.8. The molecule has 0 saturated heterocycles. The summed E-state index contributed by atoms with van der Waals surface area (Å²) in [4.78, 5) is 0. The van der Waals surface area contributed by atoms with Crippen LogP contribution in [0, 0.1) is 0 Å². The number of allylic oxidation sites excluding steroid dienone is 2. The van der Waals surface area contributed by atoms with Crippen LogP contribution in [0.15, 0.2) is 23.9 Å². The minimum absolute atomic E-state index is 1.03. The van der Waals surface area contributed by atoms with Crippen molar-refractivity contribution in [3.63, 3.8) is 0 Å². The van der Waals surface area contributed by atoms with Crippen molar-refractivity contribution in [2.24, 2.45) is 0 Å². The maximum atomic E-state index is 3.84. The number of rotatable bonds is 3. The predicted molar refractivity (Wildman–Crippen MR) is 42.2 cm³/mol. The Hall–Kier alpha value is -0.720. The van der Waals surface area contributed by atoms with Crippen LogP contribution in [0.2, 0.25) is 0 Å². The monoisotopic (exact) mass is 125 g/mol. The normalized spacial score (nSPS) is 11.2. The molecule has 0 atom stereocenters. The first-order valence-corrected chi connectivity index (χ1v) is 3.28. The van der Waals surface area contributed by atoms with Crippen molar-refractivity contribution in [3.8, 4) is 0 Å². The first-order valence-electron chi connectivity index (χ1n) is 3.28. The second kappa shape index (κ2) is 4.19. The van der Waals surface area contributed by atoms with Crippen molar-refractivity contribution in [1.82, 2.24) is 5.32 Å². The van der Waals surface area contributed by atoms with E-state index in [-0.39, 0.29) is 0 Å². The molecule has 0 aromatic heterocycles. The first kappa shape index (κ1) is 8.28. The van der Waals surface area contributed by atoms with Gasteiger partial charge in [-0.25, -0.2) is 0 Å². The average Bonchev–Trinajstić information content (AvgIpc) is 1.90. The standard InChI is InChI=1S/C8H15N/c1-5-8(6-2)7(3)9-4/h5,9H,3,6H2,1-2,4H3. The highest BCUT2D eigenvalue weighted by Crippen LogP contribution is 2.06. The van der Waals surface area contributed by atoms with Gasteiger partial charge in [-0.1, -0.05) is 19.6 Å². The topological polar surface area (TPSA) is 12.0 Å². The number of nitrogens with one attached hydrogen (secondary N) is 1. The predicted octanol–water partition coefficient (Wildman–Crippen LogP) is 2.08. The fraction of sp³-hybridized carbons (Fsp3) is 0.500. The molecule has 1 nitrogen and oxygen atoms in total. The van der Waals surface area contributed by atoms with Gasteiger partial charge in [0.2, 0.25) is 0 Å². The van der Waals surface area contributed by atoms with Crippen molar-refractivity contribution >= 4 is 0 Å². The van der Waals surface area contributed by atoms with Crippen molar-refractivity contribution in [3.05, 3.63) is 23.9 Å². The third-order valence-corrected chi connectivity index (χ3v) is 1.42. The van der Waals surface area contributed by atoms with Crippen LogP contribution >= 0.6 is 0 Å². The first-order chi connectivity index (χ1) is 4.26. The van der Waals surface area contributed by atoms with E-state index in [4.69, 9.17) is 0 Å². The molecule has 52 valence electrons. The van der Waals surface area contributed by atoms with E-state index in [1.54, 1.807) is 0 Å². The molecule has 0 saturated carbocycles. The Morgan fingerprint density at radius 2 is 2.22 bits per heavy atom. The molecule has 0 aromatic rings. The highest BCUT2D eigenvalue weighted by Gasteiger charge is 1.92. The summed E-state index contributed by atoms with van der Waals surface area (Å²) in [7, 11) is 1.89. The molecule has 0 bridgehead atoms. The molecule has 0 fully saturated rings. The van der Waals surface area contributed by atoms with Crippen LogP contribution in [-0.2, 0) is 0 Å². The summed E-state index contributed by atoms with van der Waals surface area (Å²) in [5.74, 6) is 0. The molecule has 0 heterocycles. The molecule has 9 heavy (non-hydrogen) atoms. The Balaban J connectivity index is 3.97. The molecule has 0 aromatic carbocycles. The van der Waals surface area contributed by atoms with Gasteiger partial charge in [0, 0.05) is 12.7 Å². The van der Waals surface area contributed by atoms with Crippen LogP contribution in [0.5, 0.6) is 0 Å². The quantitative estimate of drug-likeness (QED) is 0.569. The van der Waals surface area contributed by atoms with E-state index in [1.165, 1.54) is 5.57 Å². The molecule has 1 N–H and O–H groups in total. The summed E-state index contributed by atoms with van der Waals surface area (Å²) in [6, 6.07) is 0. The minimum atomic E-state index is 1.03. The van der Waals surface area contributed by atoms with E-state index < -0.39 is 0 Å². The molecule has 0 aliphatic carbocycles. The third kappa shape index (κ3) is 2.36. The van der Waals surface area contributed by atoms with Crippen LogP contribution in [-0.4, -0.2) is 7.05 Å². The van der Waals surface area contributed by atoms with E-state index >= 15 is 0 Å². The van der Waals surface area contributed by atoms with Crippen molar-refractivity contribution in [1.29, 1.82) is 0 Å². The summed E-state index contributed by atoms with van der Waals surface area (Å²) in [5, 5.41) is 3.00. The fourth-order valence-corrected chi connectivity index (χ4v) is 0.752. The van der Waals surface area contributed by atoms with Gasteiger partial charge < -0.3 is 5.32 Å². The largest absolute Gasteiger partial charge is 0.388 e. The SMILES string of the molecule is C=C(NC)C(=CC)CC. The van der Waals surface area contributed by atoms with Crippen molar-refractivity contribution < 1.29 is 0 Å². The minimum Gasteiger partial charge on any atom is -0.388 e. The van der Waals surface area contributed by atoms with E-state index in [1.807, 2.05) is 14.0 Å². The van der Waals surface area contributed by atoms with Crippen LogP contribution < -0.4 is 5.32 Å². The molecular weight excluding hydrogens is 110 g/mol. The molecule has 0 spiro atoms. The van der Waals surface area contributed by atoms with Gasteiger partial charge >= 0.3 is 0 Å². The average molecular weight is 125 g/mol. The van der Waals surface area contributed by atoms with Crippen LogP contribution in [0.1, 0.15) is 20.3 Å². The number of hydrogen-bond acceptors (Lipinski definition) is 1. The van der Waals surface area contributed by atoms with Gasteiger partial charge in [-0.3, -0.25) is 0 Å². The molecule has 0 unspecified atom stereocenters. The zero-order valence-electron chi connectivity index (χ0n) is 6.49. The Morgan fingerprint density at radius 3 is 2.33 bits per heavy atom. The number of likely N-dealkylation sites (N-methyl/N-ethyl adjacent to an activating group) is 1. The van der Waals surface area contributed by atoms with E-state index in [0.717, 1.165) is 12.1 Å². The zero-order chi connectivity index (χ0) is 7.28. The van der Waals surface area contributed by atoms with Crippen LogP contribution in [0.25, 0.3) is 0 Å². The molecule has 1 heteroatoms. The second-order valence-corrected chi connectivity index (χ2v) is 1.90. The summed E-state index contributed by atoms with van der Waals surface area (Å²) in [6.07, 6.45) is 3.13.